The number of aromatic nitrogens is 1. The molecule has 1 aromatic heterocycles. The van der Waals surface area contributed by atoms with Crippen LogP contribution in [0.25, 0.3) is 0 Å². The van der Waals surface area contributed by atoms with Crippen LogP contribution in [0.5, 0.6) is 11.6 Å². The van der Waals surface area contributed by atoms with E-state index in [-0.39, 0.29) is 5.02 Å². The van der Waals surface area contributed by atoms with Gasteiger partial charge in [-0.25, -0.2) is 9.37 Å². The number of hydrogen-bond acceptors (Lipinski definition) is 2. The van der Waals surface area contributed by atoms with E-state index in [1.165, 1.54) is 12.1 Å². The molecule has 0 spiro atoms. The van der Waals surface area contributed by atoms with Crippen LogP contribution in [0.3, 0.4) is 0 Å². The van der Waals surface area contributed by atoms with Gasteiger partial charge in [0, 0.05) is 17.8 Å². The highest BCUT2D eigenvalue weighted by molar-refractivity contribution is 6.30. The van der Waals surface area contributed by atoms with Gasteiger partial charge in [0.15, 0.2) is 0 Å². The molecule has 0 saturated heterocycles. The zero-order chi connectivity index (χ0) is 13.1. The van der Waals surface area contributed by atoms with Crippen molar-refractivity contribution in [2.75, 3.05) is 0 Å². The predicted octanol–water partition coefficient (Wildman–Crippen LogP) is 4.79. The Hall–Kier alpha value is -1.61. The molecule has 0 amide bonds. The van der Waals surface area contributed by atoms with Gasteiger partial charge in [-0.15, -0.1) is 0 Å². The fourth-order valence-corrected chi connectivity index (χ4v) is 1.59. The smallest absolute Gasteiger partial charge is 0.219 e. The van der Waals surface area contributed by atoms with Gasteiger partial charge in [-0.05, 0) is 24.1 Å². The molecule has 0 fully saturated rings. The first-order valence-corrected chi connectivity index (χ1v) is 6.04. The van der Waals surface area contributed by atoms with E-state index in [1.54, 1.807) is 12.1 Å². The lowest BCUT2D eigenvalue weighted by Crippen LogP contribution is -1.95. The van der Waals surface area contributed by atoms with Crippen LogP contribution in [0.1, 0.15) is 25.5 Å². The number of rotatable bonds is 3. The van der Waals surface area contributed by atoms with E-state index >= 15 is 0 Å². The fraction of sp³-hybridized carbons (Fsp3) is 0.214. The van der Waals surface area contributed by atoms with E-state index in [1.807, 2.05) is 26.0 Å². The Balaban J connectivity index is 2.23. The summed E-state index contributed by atoms with van der Waals surface area (Å²) in [6, 6.07) is 9.84. The second kappa shape index (κ2) is 5.36. The highest BCUT2D eigenvalue weighted by atomic mass is 35.5. The minimum atomic E-state index is -0.505. The molecule has 0 atom stereocenters. The number of pyridine rings is 1. The lowest BCUT2D eigenvalue weighted by molar-refractivity contribution is 0.455. The maximum absolute atomic E-state index is 13.3. The highest BCUT2D eigenvalue weighted by Crippen LogP contribution is 2.25. The summed E-state index contributed by atoms with van der Waals surface area (Å²) in [5.74, 6) is 0.637. The molecule has 94 valence electrons. The first-order chi connectivity index (χ1) is 8.56. The zero-order valence-electron chi connectivity index (χ0n) is 10.2. The molecule has 0 N–H and O–H groups in total. The van der Waals surface area contributed by atoms with Crippen molar-refractivity contribution in [1.29, 1.82) is 0 Å². The lowest BCUT2D eigenvalue weighted by Gasteiger charge is -2.08. The van der Waals surface area contributed by atoms with Gasteiger partial charge >= 0.3 is 0 Å². The van der Waals surface area contributed by atoms with Crippen molar-refractivity contribution in [3.8, 4) is 11.6 Å². The molecule has 2 nitrogen and oxygen atoms in total. The molecule has 0 aliphatic carbocycles. The van der Waals surface area contributed by atoms with E-state index in [9.17, 15) is 4.39 Å². The standard InChI is InChI=1S/C14H13ClFNO/c1-9(2)13-4-3-5-14(17-13)18-10-6-7-11(15)12(16)8-10/h3-9H,1-2H3. The van der Waals surface area contributed by atoms with Crippen LogP contribution in [0.4, 0.5) is 4.39 Å². The normalized spacial score (nSPS) is 10.7. The van der Waals surface area contributed by atoms with Crippen molar-refractivity contribution in [2.24, 2.45) is 0 Å². The summed E-state index contributed by atoms with van der Waals surface area (Å²) in [6.07, 6.45) is 0. The Morgan fingerprint density at radius 2 is 2.00 bits per heavy atom. The first kappa shape index (κ1) is 12.8. The van der Waals surface area contributed by atoms with Gasteiger partial charge in [0.25, 0.3) is 0 Å². The molecule has 1 heterocycles. The maximum Gasteiger partial charge on any atom is 0.219 e. The van der Waals surface area contributed by atoms with Crippen LogP contribution in [-0.4, -0.2) is 4.98 Å². The molecular weight excluding hydrogens is 253 g/mol. The van der Waals surface area contributed by atoms with Gasteiger partial charge in [-0.3, -0.25) is 0 Å². The average molecular weight is 266 g/mol. The predicted molar refractivity (Wildman–Crippen MR) is 69.8 cm³/mol. The van der Waals surface area contributed by atoms with E-state index in [0.717, 1.165) is 5.69 Å². The van der Waals surface area contributed by atoms with Gasteiger partial charge in [0.1, 0.15) is 11.6 Å². The van der Waals surface area contributed by atoms with Gasteiger partial charge in [-0.2, -0.15) is 0 Å². The molecule has 4 heteroatoms. The zero-order valence-corrected chi connectivity index (χ0v) is 10.9. The van der Waals surface area contributed by atoms with E-state index in [2.05, 4.69) is 4.98 Å². The van der Waals surface area contributed by atoms with Crippen molar-refractivity contribution in [1.82, 2.24) is 4.98 Å². The third-order valence-corrected chi connectivity index (χ3v) is 2.76. The van der Waals surface area contributed by atoms with Gasteiger partial charge in [0.2, 0.25) is 5.88 Å². The van der Waals surface area contributed by atoms with Crippen molar-refractivity contribution >= 4 is 11.6 Å². The molecule has 0 aliphatic rings. The van der Waals surface area contributed by atoms with Crippen molar-refractivity contribution in [2.45, 2.75) is 19.8 Å². The SMILES string of the molecule is CC(C)c1cccc(Oc2ccc(Cl)c(F)c2)n1. The van der Waals surface area contributed by atoms with Crippen molar-refractivity contribution in [3.63, 3.8) is 0 Å². The van der Waals surface area contributed by atoms with E-state index in [4.69, 9.17) is 16.3 Å². The number of benzene rings is 1. The van der Waals surface area contributed by atoms with Crippen LogP contribution < -0.4 is 4.74 Å². The molecule has 0 unspecified atom stereocenters. The van der Waals surface area contributed by atoms with Crippen LogP contribution >= 0.6 is 11.6 Å². The summed E-state index contributed by atoms with van der Waals surface area (Å²) < 4.78 is 18.8. The molecule has 2 aromatic rings. The van der Waals surface area contributed by atoms with Crippen LogP contribution in [-0.2, 0) is 0 Å². The summed E-state index contributed by atoms with van der Waals surface area (Å²) in [7, 11) is 0. The van der Waals surface area contributed by atoms with Gasteiger partial charge in [0.05, 0.1) is 5.02 Å². The lowest BCUT2D eigenvalue weighted by atomic mass is 10.1. The quantitative estimate of drug-likeness (QED) is 0.796. The molecule has 0 saturated carbocycles. The van der Waals surface area contributed by atoms with Gasteiger partial charge < -0.3 is 4.74 Å². The summed E-state index contributed by atoms with van der Waals surface area (Å²) in [5.41, 5.74) is 0.932. The minimum absolute atomic E-state index is 0.0752. The monoisotopic (exact) mass is 265 g/mol. The molecule has 2 rings (SSSR count). The second-order valence-corrected chi connectivity index (χ2v) is 4.64. The Bertz CT molecular complexity index is 557. The first-order valence-electron chi connectivity index (χ1n) is 5.66. The molecule has 0 aliphatic heterocycles. The third kappa shape index (κ3) is 2.99. The number of hydrogen-bond donors (Lipinski definition) is 0. The molecule has 0 radical (unpaired) electrons. The molecular formula is C14H13ClFNO. The largest absolute Gasteiger partial charge is 0.439 e. The van der Waals surface area contributed by atoms with Crippen molar-refractivity contribution in [3.05, 3.63) is 52.9 Å². The Morgan fingerprint density at radius 1 is 1.22 bits per heavy atom. The fourth-order valence-electron chi connectivity index (χ4n) is 1.47. The van der Waals surface area contributed by atoms with Gasteiger partial charge in [-0.1, -0.05) is 31.5 Å². The number of nitrogens with zero attached hydrogens (tertiary/aromatic N) is 1. The average Bonchev–Trinajstić information content (AvgIpc) is 2.34. The van der Waals surface area contributed by atoms with Crippen molar-refractivity contribution < 1.29 is 9.13 Å². The maximum atomic E-state index is 13.3. The van der Waals surface area contributed by atoms with E-state index in [0.29, 0.717) is 17.5 Å². The molecule has 18 heavy (non-hydrogen) atoms. The van der Waals surface area contributed by atoms with Crippen LogP contribution in [0.15, 0.2) is 36.4 Å². The van der Waals surface area contributed by atoms with Crippen LogP contribution in [0, 0.1) is 5.82 Å². The second-order valence-electron chi connectivity index (χ2n) is 4.23. The minimum Gasteiger partial charge on any atom is -0.439 e. The van der Waals surface area contributed by atoms with E-state index < -0.39 is 5.82 Å². The summed E-state index contributed by atoms with van der Waals surface area (Å²) >= 11 is 5.60. The summed E-state index contributed by atoms with van der Waals surface area (Å²) in [5, 5.41) is 0.0752. The number of halogens is 2. The Labute approximate surface area is 110 Å². The topological polar surface area (TPSA) is 22.1 Å². The molecule has 0 bridgehead atoms. The third-order valence-electron chi connectivity index (χ3n) is 2.45. The highest BCUT2D eigenvalue weighted by Gasteiger charge is 2.06. The van der Waals surface area contributed by atoms with Crippen LogP contribution in [0.2, 0.25) is 5.02 Å². The number of ether oxygens (including phenoxy) is 1. The summed E-state index contributed by atoms with van der Waals surface area (Å²) in [4.78, 5) is 4.34. The summed E-state index contributed by atoms with van der Waals surface area (Å²) in [6.45, 7) is 4.10. The Kier molecular flexibility index (Phi) is 3.82. The Morgan fingerprint density at radius 3 is 2.67 bits per heavy atom. The molecule has 1 aromatic carbocycles.